The maximum Gasteiger partial charge on any atom is 0.333 e. The summed E-state index contributed by atoms with van der Waals surface area (Å²) in [6, 6.07) is 5.36. The molecule has 1 aliphatic rings. The van der Waals surface area contributed by atoms with Crippen LogP contribution in [0, 0.1) is 5.82 Å². The third-order valence-electron chi connectivity index (χ3n) is 4.63. The summed E-state index contributed by atoms with van der Waals surface area (Å²) in [5.74, 6) is -1.03. The molecule has 3 N–H and O–H groups in total. The van der Waals surface area contributed by atoms with E-state index in [1.807, 2.05) is 6.92 Å². The highest BCUT2D eigenvalue weighted by molar-refractivity contribution is 5.90. The Labute approximate surface area is 166 Å². The fraction of sp³-hybridized carbons (Fsp3) is 0.421. The van der Waals surface area contributed by atoms with Gasteiger partial charge < -0.3 is 20.7 Å². The summed E-state index contributed by atoms with van der Waals surface area (Å²) >= 11 is 0. The second-order valence-corrected chi connectivity index (χ2v) is 6.72. The highest BCUT2D eigenvalue weighted by Crippen LogP contribution is 2.18. The van der Waals surface area contributed by atoms with Crippen molar-refractivity contribution in [3.05, 3.63) is 50.9 Å². The van der Waals surface area contributed by atoms with Crippen LogP contribution in [0.2, 0.25) is 0 Å². The van der Waals surface area contributed by atoms with Gasteiger partial charge in [-0.2, -0.15) is 0 Å². The Bertz CT molecular complexity index is 1010. The molecule has 1 aliphatic heterocycles. The summed E-state index contributed by atoms with van der Waals surface area (Å²) < 4.78 is 20.8. The Balaban J connectivity index is 1.98. The van der Waals surface area contributed by atoms with Crippen LogP contribution in [0.3, 0.4) is 0 Å². The minimum atomic E-state index is -0.652. The molecule has 2 aromatic rings. The summed E-state index contributed by atoms with van der Waals surface area (Å²) in [6.45, 7) is 3.48. The first kappa shape index (κ1) is 20.6. The SMILES string of the molecule is CCCn1c(N)c(N2CCOCC2)c(=O)n(CC(=O)Nc2cccc(F)c2)c1=O. The average molecular weight is 405 g/mol. The molecule has 2 heterocycles. The van der Waals surface area contributed by atoms with Gasteiger partial charge >= 0.3 is 5.69 Å². The molecule has 0 saturated carbocycles. The van der Waals surface area contributed by atoms with Crippen LogP contribution in [0.1, 0.15) is 13.3 Å². The van der Waals surface area contributed by atoms with Gasteiger partial charge in [0.25, 0.3) is 5.56 Å². The van der Waals surface area contributed by atoms with Crippen molar-refractivity contribution in [2.75, 3.05) is 42.3 Å². The quantitative estimate of drug-likeness (QED) is 0.729. The molecule has 0 aliphatic carbocycles. The zero-order valence-electron chi connectivity index (χ0n) is 16.2. The summed E-state index contributed by atoms with van der Waals surface area (Å²) in [6.07, 6.45) is 0.625. The van der Waals surface area contributed by atoms with Crippen molar-refractivity contribution < 1.29 is 13.9 Å². The van der Waals surface area contributed by atoms with Gasteiger partial charge in [-0.1, -0.05) is 13.0 Å². The van der Waals surface area contributed by atoms with Crippen LogP contribution >= 0.6 is 0 Å². The number of anilines is 3. The molecule has 156 valence electrons. The van der Waals surface area contributed by atoms with Gasteiger partial charge in [-0.05, 0) is 24.6 Å². The number of nitrogens with zero attached hydrogens (tertiary/aromatic N) is 3. The number of amides is 1. The lowest BCUT2D eigenvalue weighted by atomic mass is 10.3. The number of hydrogen-bond donors (Lipinski definition) is 2. The molecular formula is C19H24FN5O4. The highest BCUT2D eigenvalue weighted by Gasteiger charge is 2.24. The Morgan fingerprint density at radius 3 is 2.62 bits per heavy atom. The highest BCUT2D eigenvalue weighted by atomic mass is 19.1. The van der Waals surface area contributed by atoms with Crippen molar-refractivity contribution in [3.8, 4) is 0 Å². The Morgan fingerprint density at radius 1 is 1.24 bits per heavy atom. The molecule has 1 amide bonds. The van der Waals surface area contributed by atoms with Crippen molar-refractivity contribution in [2.45, 2.75) is 26.4 Å². The van der Waals surface area contributed by atoms with E-state index in [2.05, 4.69) is 5.32 Å². The first-order valence-electron chi connectivity index (χ1n) is 9.43. The zero-order chi connectivity index (χ0) is 21.0. The molecule has 0 atom stereocenters. The number of carbonyl (C=O) groups excluding carboxylic acids is 1. The number of nitrogen functional groups attached to an aromatic ring is 1. The van der Waals surface area contributed by atoms with Gasteiger partial charge in [-0.15, -0.1) is 0 Å². The van der Waals surface area contributed by atoms with Crippen LogP contribution in [0.4, 0.5) is 21.6 Å². The number of rotatable bonds is 6. The van der Waals surface area contributed by atoms with Gasteiger partial charge in [0.1, 0.15) is 23.9 Å². The fourth-order valence-electron chi connectivity index (χ4n) is 3.27. The van der Waals surface area contributed by atoms with Gasteiger partial charge in [-0.25, -0.2) is 13.8 Å². The van der Waals surface area contributed by atoms with E-state index in [0.29, 0.717) is 39.3 Å². The lowest BCUT2D eigenvalue weighted by Gasteiger charge is -2.30. The number of halogens is 1. The predicted molar refractivity (Wildman–Crippen MR) is 108 cm³/mol. The van der Waals surface area contributed by atoms with Gasteiger partial charge in [-0.3, -0.25) is 14.2 Å². The van der Waals surface area contributed by atoms with Gasteiger partial charge in [0.05, 0.1) is 13.2 Å². The minimum Gasteiger partial charge on any atom is -0.383 e. The van der Waals surface area contributed by atoms with E-state index in [4.69, 9.17) is 10.5 Å². The third kappa shape index (κ3) is 4.48. The molecule has 1 aromatic carbocycles. The standard InChI is InChI=1S/C19H24FN5O4/c1-2-6-24-17(21)16(23-7-9-29-10-8-23)18(27)25(19(24)28)12-15(26)22-14-5-3-4-13(20)11-14/h3-5,11H,2,6-10,12,21H2,1H3,(H,22,26). The number of aromatic nitrogens is 2. The number of carbonyl (C=O) groups is 1. The second-order valence-electron chi connectivity index (χ2n) is 6.72. The van der Waals surface area contributed by atoms with Crippen LogP contribution in [0.25, 0.3) is 0 Å². The minimum absolute atomic E-state index is 0.0885. The first-order valence-corrected chi connectivity index (χ1v) is 9.43. The molecule has 0 bridgehead atoms. The zero-order valence-corrected chi connectivity index (χ0v) is 16.2. The molecule has 0 spiro atoms. The first-order chi connectivity index (χ1) is 13.9. The van der Waals surface area contributed by atoms with E-state index in [1.54, 1.807) is 4.90 Å². The summed E-state index contributed by atoms with van der Waals surface area (Å²) in [5.41, 5.74) is 5.32. The second kappa shape index (κ2) is 8.91. The van der Waals surface area contributed by atoms with Crippen LogP contribution in [0.15, 0.2) is 33.9 Å². The summed E-state index contributed by atoms with van der Waals surface area (Å²) in [4.78, 5) is 40.1. The number of benzene rings is 1. The lowest BCUT2D eigenvalue weighted by molar-refractivity contribution is -0.116. The number of ether oxygens (including phenoxy) is 1. The number of morpholine rings is 1. The molecule has 1 fully saturated rings. The maximum atomic E-state index is 13.3. The lowest BCUT2D eigenvalue weighted by Crippen LogP contribution is -2.48. The van der Waals surface area contributed by atoms with Gasteiger partial charge in [0.15, 0.2) is 0 Å². The van der Waals surface area contributed by atoms with Gasteiger partial charge in [0.2, 0.25) is 5.91 Å². The molecule has 0 unspecified atom stereocenters. The van der Waals surface area contributed by atoms with E-state index in [0.717, 1.165) is 10.6 Å². The topological polar surface area (TPSA) is 112 Å². The smallest absolute Gasteiger partial charge is 0.333 e. The molecule has 0 radical (unpaired) electrons. The number of nitrogens with one attached hydrogen (secondary N) is 1. The fourth-order valence-corrected chi connectivity index (χ4v) is 3.27. The Hall–Kier alpha value is -3.14. The molecular weight excluding hydrogens is 381 g/mol. The normalized spacial score (nSPS) is 14.1. The average Bonchev–Trinajstić information content (AvgIpc) is 2.69. The number of hydrogen-bond acceptors (Lipinski definition) is 6. The van der Waals surface area contributed by atoms with Crippen LogP contribution in [0.5, 0.6) is 0 Å². The predicted octanol–water partition coefficient (Wildman–Crippen LogP) is 0.617. The Kier molecular flexibility index (Phi) is 6.32. The van der Waals surface area contributed by atoms with Crippen molar-refractivity contribution >= 4 is 23.1 Å². The van der Waals surface area contributed by atoms with Gasteiger partial charge in [0, 0.05) is 25.3 Å². The van der Waals surface area contributed by atoms with Crippen molar-refractivity contribution in [1.29, 1.82) is 0 Å². The molecule has 9 nitrogen and oxygen atoms in total. The summed E-state index contributed by atoms with van der Waals surface area (Å²) in [5, 5.41) is 2.50. The van der Waals surface area contributed by atoms with Crippen LogP contribution in [-0.4, -0.2) is 41.3 Å². The van der Waals surface area contributed by atoms with Crippen LogP contribution in [-0.2, 0) is 22.6 Å². The maximum absolute atomic E-state index is 13.3. The van der Waals surface area contributed by atoms with E-state index in [9.17, 15) is 18.8 Å². The van der Waals surface area contributed by atoms with E-state index < -0.39 is 29.5 Å². The monoisotopic (exact) mass is 405 g/mol. The third-order valence-corrected chi connectivity index (χ3v) is 4.63. The Morgan fingerprint density at radius 2 is 1.97 bits per heavy atom. The van der Waals surface area contributed by atoms with Crippen molar-refractivity contribution in [1.82, 2.24) is 9.13 Å². The van der Waals surface area contributed by atoms with Crippen molar-refractivity contribution in [2.24, 2.45) is 0 Å². The van der Waals surface area contributed by atoms with Crippen molar-refractivity contribution in [3.63, 3.8) is 0 Å². The molecule has 3 rings (SSSR count). The largest absolute Gasteiger partial charge is 0.383 e. The van der Waals surface area contributed by atoms with Crippen LogP contribution < -0.4 is 27.2 Å². The molecule has 1 saturated heterocycles. The number of nitrogens with two attached hydrogens (primary N) is 1. The summed E-state index contributed by atoms with van der Waals surface area (Å²) in [7, 11) is 0. The molecule has 10 heteroatoms. The van der Waals surface area contributed by atoms with E-state index >= 15 is 0 Å². The van der Waals surface area contributed by atoms with E-state index in [1.165, 1.54) is 22.8 Å². The molecule has 1 aromatic heterocycles. The van der Waals surface area contributed by atoms with E-state index in [-0.39, 0.29) is 17.2 Å². The molecule has 29 heavy (non-hydrogen) atoms.